The minimum Gasteiger partial charge on any atom is -0.493 e. The lowest BCUT2D eigenvalue weighted by Crippen LogP contribution is -2.10. The van der Waals surface area contributed by atoms with Gasteiger partial charge in [0.1, 0.15) is 12.4 Å². The van der Waals surface area contributed by atoms with Crippen molar-refractivity contribution in [3.63, 3.8) is 0 Å². The summed E-state index contributed by atoms with van der Waals surface area (Å²) in [5.74, 6) is 0.563. The van der Waals surface area contributed by atoms with Crippen LogP contribution < -0.4 is 9.47 Å². The summed E-state index contributed by atoms with van der Waals surface area (Å²) in [6, 6.07) is 6.87. The molecule has 0 unspecified atom stereocenters. The number of nitrogens with zero attached hydrogens (tertiary/aromatic N) is 2. The molecule has 7 heteroatoms. The summed E-state index contributed by atoms with van der Waals surface area (Å²) in [6.07, 6.45) is 1.65. The van der Waals surface area contributed by atoms with Gasteiger partial charge in [0.25, 0.3) is 0 Å². The van der Waals surface area contributed by atoms with Crippen LogP contribution in [0.1, 0.15) is 22.8 Å². The van der Waals surface area contributed by atoms with E-state index in [9.17, 15) is 4.79 Å². The van der Waals surface area contributed by atoms with Crippen molar-refractivity contribution in [2.24, 2.45) is 0 Å². The summed E-state index contributed by atoms with van der Waals surface area (Å²) in [5.41, 5.74) is 1.04. The number of hydrogen-bond acceptors (Lipinski definition) is 6. The second-order valence-electron chi connectivity index (χ2n) is 4.07. The number of esters is 1. The standard InChI is InChI=1S/C14H16N2O4S/c1-3-19-12-6-4-5-10(14(17)18-2)11(12)9-20-13-7-8-16(21)15-13/h4-8,21H,3,9H2,1-2H3. The molecule has 0 bridgehead atoms. The average molecular weight is 308 g/mol. The van der Waals surface area contributed by atoms with E-state index in [-0.39, 0.29) is 6.61 Å². The molecule has 2 rings (SSSR count). The topological polar surface area (TPSA) is 62.6 Å². The first-order chi connectivity index (χ1) is 10.2. The number of thiol groups is 1. The molecule has 0 saturated carbocycles. The molecule has 0 spiro atoms. The Kier molecular flexibility index (Phi) is 5.10. The molecule has 0 atom stereocenters. The van der Waals surface area contributed by atoms with Crippen LogP contribution in [-0.4, -0.2) is 28.9 Å². The number of ether oxygens (including phenoxy) is 3. The van der Waals surface area contributed by atoms with Crippen molar-refractivity contribution < 1.29 is 19.0 Å². The van der Waals surface area contributed by atoms with Crippen molar-refractivity contribution in [2.45, 2.75) is 13.5 Å². The van der Waals surface area contributed by atoms with Crippen LogP contribution in [0.3, 0.4) is 0 Å². The Morgan fingerprint density at radius 3 is 2.76 bits per heavy atom. The first-order valence-electron chi connectivity index (χ1n) is 6.36. The van der Waals surface area contributed by atoms with Crippen molar-refractivity contribution in [3.05, 3.63) is 41.6 Å². The molecule has 0 N–H and O–H groups in total. The summed E-state index contributed by atoms with van der Waals surface area (Å²) < 4.78 is 17.2. The Morgan fingerprint density at radius 2 is 2.14 bits per heavy atom. The predicted octanol–water partition coefficient (Wildman–Crippen LogP) is 2.34. The van der Waals surface area contributed by atoms with E-state index in [1.54, 1.807) is 30.5 Å². The zero-order valence-corrected chi connectivity index (χ0v) is 12.7. The highest BCUT2D eigenvalue weighted by Gasteiger charge is 2.17. The smallest absolute Gasteiger partial charge is 0.338 e. The van der Waals surface area contributed by atoms with Crippen LogP contribution in [0.4, 0.5) is 0 Å². The van der Waals surface area contributed by atoms with E-state index >= 15 is 0 Å². The first-order valence-corrected chi connectivity index (χ1v) is 6.76. The van der Waals surface area contributed by atoms with Gasteiger partial charge >= 0.3 is 5.97 Å². The molecule has 1 heterocycles. The Labute approximate surface area is 128 Å². The van der Waals surface area contributed by atoms with Crippen LogP contribution in [0.15, 0.2) is 30.5 Å². The molecule has 0 amide bonds. The molecule has 0 radical (unpaired) electrons. The lowest BCUT2D eigenvalue weighted by Gasteiger charge is -2.13. The zero-order chi connectivity index (χ0) is 15.2. The number of methoxy groups -OCH3 is 1. The minimum absolute atomic E-state index is 0.144. The third kappa shape index (κ3) is 3.69. The van der Waals surface area contributed by atoms with Gasteiger partial charge in [0, 0.05) is 17.8 Å². The van der Waals surface area contributed by atoms with Gasteiger partial charge in [-0.2, -0.15) is 0 Å². The third-order valence-electron chi connectivity index (χ3n) is 2.75. The molecule has 6 nitrogen and oxygen atoms in total. The van der Waals surface area contributed by atoms with Crippen LogP contribution in [0.25, 0.3) is 0 Å². The van der Waals surface area contributed by atoms with Crippen molar-refractivity contribution in [3.8, 4) is 11.6 Å². The van der Waals surface area contributed by atoms with Crippen LogP contribution >= 0.6 is 12.8 Å². The maximum atomic E-state index is 11.8. The van der Waals surface area contributed by atoms with Crippen LogP contribution in [0.5, 0.6) is 11.6 Å². The van der Waals surface area contributed by atoms with E-state index in [1.807, 2.05) is 6.92 Å². The van der Waals surface area contributed by atoms with Gasteiger partial charge in [0.15, 0.2) is 0 Å². The van der Waals surface area contributed by atoms with Gasteiger partial charge < -0.3 is 14.2 Å². The van der Waals surface area contributed by atoms with Gasteiger partial charge in [-0.1, -0.05) is 6.07 Å². The minimum atomic E-state index is -0.435. The number of benzene rings is 1. The van der Waals surface area contributed by atoms with E-state index in [1.165, 1.54) is 11.2 Å². The number of hydrogen-bond donors (Lipinski definition) is 1. The summed E-state index contributed by atoms with van der Waals surface area (Å²) in [7, 11) is 1.34. The van der Waals surface area contributed by atoms with Gasteiger partial charge in [-0.05, 0) is 31.9 Å². The average Bonchev–Trinajstić information content (AvgIpc) is 2.91. The Morgan fingerprint density at radius 1 is 1.33 bits per heavy atom. The van der Waals surface area contributed by atoms with E-state index in [2.05, 4.69) is 17.9 Å². The van der Waals surface area contributed by atoms with Crippen LogP contribution in [0, 0.1) is 0 Å². The fraction of sp³-hybridized carbons (Fsp3) is 0.286. The molecule has 0 saturated heterocycles. The largest absolute Gasteiger partial charge is 0.493 e. The Hall–Kier alpha value is -2.15. The maximum Gasteiger partial charge on any atom is 0.338 e. The van der Waals surface area contributed by atoms with Gasteiger partial charge in [-0.25, -0.2) is 8.88 Å². The fourth-order valence-electron chi connectivity index (χ4n) is 1.83. The van der Waals surface area contributed by atoms with E-state index < -0.39 is 5.97 Å². The highest BCUT2D eigenvalue weighted by atomic mass is 32.1. The molecule has 1 aromatic carbocycles. The molecule has 2 aromatic rings. The Bertz CT molecular complexity index is 627. The van der Waals surface area contributed by atoms with Crippen molar-refractivity contribution in [1.29, 1.82) is 0 Å². The zero-order valence-electron chi connectivity index (χ0n) is 11.8. The maximum absolute atomic E-state index is 11.8. The van der Waals surface area contributed by atoms with Gasteiger partial charge in [0.2, 0.25) is 5.88 Å². The summed E-state index contributed by atoms with van der Waals surface area (Å²) in [5, 5.41) is 4.00. The van der Waals surface area contributed by atoms with E-state index in [0.717, 1.165) is 0 Å². The van der Waals surface area contributed by atoms with Gasteiger partial charge in [-0.15, -0.1) is 5.10 Å². The van der Waals surface area contributed by atoms with E-state index in [4.69, 9.17) is 14.2 Å². The fourth-order valence-corrected chi connectivity index (χ4v) is 1.98. The second kappa shape index (κ2) is 7.03. The van der Waals surface area contributed by atoms with Gasteiger partial charge in [-0.3, -0.25) is 0 Å². The predicted molar refractivity (Wildman–Crippen MR) is 79.9 cm³/mol. The second-order valence-corrected chi connectivity index (χ2v) is 4.48. The normalized spacial score (nSPS) is 10.2. The van der Waals surface area contributed by atoms with Crippen LogP contribution in [0.2, 0.25) is 0 Å². The number of carbonyl (C=O) groups excluding carboxylic acids is 1. The molecule has 21 heavy (non-hydrogen) atoms. The molecule has 0 aliphatic carbocycles. The van der Waals surface area contributed by atoms with Crippen LogP contribution in [-0.2, 0) is 11.3 Å². The highest BCUT2D eigenvalue weighted by Crippen LogP contribution is 2.25. The highest BCUT2D eigenvalue weighted by molar-refractivity contribution is 7.78. The van der Waals surface area contributed by atoms with E-state index in [0.29, 0.717) is 29.4 Å². The molecular formula is C14H16N2O4S. The quantitative estimate of drug-likeness (QED) is 0.655. The van der Waals surface area contributed by atoms with Crippen molar-refractivity contribution in [1.82, 2.24) is 9.19 Å². The lowest BCUT2D eigenvalue weighted by atomic mass is 10.1. The molecule has 0 fully saturated rings. The SMILES string of the molecule is CCOc1cccc(C(=O)OC)c1COc1ccn(S)n1. The number of aromatic nitrogens is 2. The summed E-state index contributed by atoms with van der Waals surface area (Å²) in [4.78, 5) is 11.8. The molecule has 0 aliphatic rings. The van der Waals surface area contributed by atoms with Gasteiger partial charge in [0.05, 0.1) is 19.3 Å². The lowest BCUT2D eigenvalue weighted by molar-refractivity contribution is 0.0597. The Balaban J connectivity index is 2.27. The van der Waals surface area contributed by atoms with Crippen molar-refractivity contribution >= 4 is 18.8 Å². The molecule has 0 aliphatic heterocycles. The number of rotatable bonds is 6. The molecule has 1 aromatic heterocycles. The third-order valence-corrected chi connectivity index (χ3v) is 2.98. The molecule has 112 valence electrons. The number of carbonyl (C=O) groups is 1. The summed E-state index contributed by atoms with van der Waals surface area (Å²) in [6.45, 7) is 2.51. The monoisotopic (exact) mass is 308 g/mol. The first kappa shape index (κ1) is 15.2. The van der Waals surface area contributed by atoms with Crippen molar-refractivity contribution in [2.75, 3.05) is 13.7 Å². The summed E-state index contributed by atoms with van der Waals surface area (Å²) >= 11 is 4.03. The molecular weight excluding hydrogens is 292 g/mol.